The molecule has 6 heteroatoms. The van der Waals surface area contributed by atoms with E-state index >= 15 is 0 Å². The second-order valence-electron chi connectivity index (χ2n) is 5.67. The first-order valence-corrected chi connectivity index (χ1v) is 7.97. The third-order valence-electron chi connectivity index (χ3n) is 3.74. The van der Waals surface area contributed by atoms with Crippen LogP contribution in [-0.2, 0) is 9.53 Å². The van der Waals surface area contributed by atoms with Crippen molar-refractivity contribution in [2.45, 2.75) is 13.0 Å². The molecule has 1 heterocycles. The molecule has 122 valence electrons. The third kappa shape index (κ3) is 5.16. The minimum atomic E-state index is 0.0465. The van der Waals surface area contributed by atoms with Gasteiger partial charge in [-0.3, -0.25) is 9.69 Å². The van der Waals surface area contributed by atoms with Crippen LogP contribution >= 0.6 is 11.6 Å². The van der Waals surface area contributed by atoms with Gasteiger partial charge in [-0.1, -0.05) is 17.7 Å². The van der Waals surface area contributed by atoms with Gasteiger partial charge in [0, 0.05) is 50.0 Å². The van der Waals surface area contributed by atoms with Crippen LogP contribution in [0.4, 0.5) is 5.69 Å². The molecule has 1 aliphatic heterocycles. The van der Waals surface area contributed by atoms with Gasteiger partial charge in [-0.2, -0.15) is 0 Å². The Balaban J connectivity index is 1.76. The number of nitrogens with one attached hydrogen (secondary N) is 1. The maximum Gasteiger partial charge on any atom is 0.234 e. The van der Waals surface area contributed by atoms with Crippen LogP contribution < -0.4 is 10.2 Å². The van der Waals surface area contributed by atoms with E-state index in [1.807, 2.05) is 25.1 Å². The van der Waals surface area contributed by atoms with Crippen molar-refractivity contribution in [2.24, 2.45) is 0 Å². The number of nitrogens with zero attached hydrogens (tertiary/aromatic N) is 2. The lowest BCUT2D eigenvalue weighted by Crippen LogP contribution is -2.50. The molecule has 0 radical (unpaired) electrons. The SMILES string of the molecule is COCC(C)NC(=O)CN1CCN(c2cccc(Cl)c2)CC1. The van der Waals surface area contributed by atoms with Crippen LogP contribution in [-0.4, -0.2) is 63.3 Å². The number of methoxy groups -OCH3 is 1. The summed E-state index contributed by atoms with van der Waals surface area (Å²) in [7, 11) is 1.64. The molecule has 0 aromatic heterocycles. The molecule has 1 unspecified atom stereocenters. The van der Waals surface area contributed by atoms with Crippen LogP contribution in [0.1, 0.15) is 6.92 Å². The minimum absolute atomic E-state index is 0.0465. The van der Waals surface area contributed by atoms with Crippen LogP contribution in [0.15, 0.2) is 24.3 Å². The van der Waals surface area contributed by atoms with Crippen LogP contribution in [0.3, 0.4) is 0 Å². The summed E-state index contributed by atoms with van der Waals surface area (Å²) in [6.07, 6.45) is 0. The van der Waals surface area contributed by atoms with E-state index in [0.717, 1.165) is 36.9 Å². The molecule has 1 atom stereocenters. The summed E-state index contributed by atoms with van der Waals surface area (Å²) in [5.41, 5.74) is 1.14. The summed E-state index contributed by atoms with van der Waals surface area (Å²) in [5.74, 6) is 0.0563. The van der Waals surface area contributed by atoms with Gasteiger partial charge >= 0.3 is 0 Å². The molecule has 2 rings (SSSR count). The fourth-order valence-electron chi connectivity index (χ4n) is 2.65. The second-order valence-corrected chi connectivity index (χ2v) is 6.10. The monoisotopic (exact) mass is 325 g/mol. The standard InChI is InChI=1S/C16H24ClN3O2/c1-13(12-22-2)18-16(21)11-19-6-8-20(9-7-19)15-5-3-4-14(17)10-15/h3-5,10,13H,6-9,11-12H2,1-2H3,(H,18,21). The van der Waals surface area contributed by atoms with E-state index < -0.39 is 0 Å². The van der Waals surface area contributed by atoms with Crippen molar-refractivity contribution in [2.75, 3.05) is 51.3 Å². The molecule has 1 aromatic carbocycles. The molecule has 1 saturated heterocycles. The molecule has 0 saturated carbocycles. The lowest BCUT2D eigenvalue weighted by atomic mass is 10.2. The van der Waals surface area contributed by atoms with Crippen molar-refractivity contribution in [3.63, 3.8) is 0 Å². The molecule has 1 amide bonds. The van der Waals surface area contributed by atoms with Gasteiger partial charge in [0.1, 0.15) is 0 Å². The van der Waals surface area contributed by atoms with Crippen LogP contribution in [0.2, 0.25) is 5.02 Å². The normalized spacial score (nSPS) is 17.3. The van der Waals surface area contributed by atoms with E-state index in [2.05, 4.69) is 21.2 Å². The van der Waals surface area contributed by atoms with Gasteiger partial charge in [-0.05, 0) is 25.1 Å². The molecule has 1 fully saturated rings. The summed E-state index contributed by atoms with van der Waals surface area (Å²) >= 11 is 6.04. The molecule has 5 nitrogen and oxygen atoms in total. The molecule has 1 N–H and O–H groups in total. The fourth-order valence-corrected chi connectivity index (χ4v) is 2.84. The quantitative estimate of drug-likeness (QED) is 0.863. The molecule has 1 aliphatic rings. The Hall–Kier alpha value is -1.30. The van der Waals surface area contributed by atoms with Crippen molar-refractivity contribution in [1.82, 2.24) is 10.2 Å². The van der Waals surface area contributed by atoms with E-state index in [0.29, 0.717) is 13.2 Å². The predicted octanol–water partition coefficient (Wildman–Crippen LogP) is 1.61. The lowest BCUT2D eigenvalue weighted by molar-refractivity contribution is -0.123. The molecule has 0 spiro atoms. The van der Waals surface area contributed by atoms with Crippen molar-refractivity contribution in [1.29, 1.82) is 0 Å². The number of carbonyl (C=O) groups is 1. The molecule has 1 aromatic rings. The van der Waals surface area contributed by atoms with Gasteiger partial charge in [0.05, 0.1) is 13.2 Å². The number of anilines is 1. The van der Waals surface area contributed by atoms with Crippen molar-refractivity contribution in [3.8, 4) is 0 Å². The highest BCUT2D eigenvalue weighted by atomic mass is 35.5. The topological polar surface area (TPSA) is 44.8 Å². The maximum absolute atomic E-state index is 12.0. The Morgan fingerprint density at radius 1 is 1.36 bits per heavy atom. The van der Waals surface area contributed by atoms with Gasteiger partial charge in [0.15, 0.2) is 0 Å². The number of hydrogen-bond donors (Lipinski definition) is 1. The highest BCUT2D eigenvalue weighted by molar-refractivity contribution is 6.30. The molecule has 0 bridgehead atoms. The summed E-state index contributed by atoms with van der Waals surface area (Å²) in [5, 5.41) is 3.70. The van der Waals surface area contributed by atoms with E-state index in [9.17, 15) is 4.79 Å². The Labute approximate surface area is 137 Å². The number of rotatable bonds is 6. The molecule has 22 heavy (non-hydrogen) atoms. The van der Waals surface area contributed by atoms with Gasteiger partial charge in [-0.15, -0.1) is 0 Å². The number of halogens is 1. The second kappa shape index (κ2) is 8.36. The van der Waals surface area contributed by atoms with Crippen LogP contribution in [0.5, 0.6) is 0 Å². The molecular weight excluding hydrogens is 302 g/mol. The van der Waals surface area contributed by atoms with E-state index in [1.165, 1.54) is 0 Å². The van der Waals surface area contributed by atoms with Crippen LogP contribution in [0, 0.1) is 0 Å². The van der Waals surface area contributed by atoms with E-state index in [4.69, 9.17) is 16.3 Å². The van der Waals surface area contributed by atoms with Crippen LogP contribution in [0.25, 0.3) is 0 Å². The van der Waals surface area contributed by atoms with Crippen molar-refractivity contribution >= 4 is 23.2 Å². The Morgan fingerprint density at radius 2 is 2.09 bits per heavy atom. The average Bonchev–Trinajstić information content (AvgIpc) is 2.48. The highest BCUT2D eigenvalue weighted by Gasteiger charge is 2.19. The Morgan fingerprint density at radius 3 is 2.73 bits per heavy atom. The number of hydrogen-bond acceptors (Lipinski definition) is 4. The smallest absolute Gasteiger partial charge is 0.234 e. The zero-order valence-electron chi connectivity index (χ0n) is 13.2. The number of piperazine rings is 1. The van der Waals surface area contributed by atoms with Gasteiger partial charge in [-0.25, -0.2) is 0 Å². The van der Waals surface area contributed by atoms with Crippen molar-refractivity contribution in [3.05, 3.63) is 29.3 Å². The zero-order valence-corrected chi connectivity index (χ0v) is 14.0. The number of amides is 1. The molecule has 0 aliphatic carbocycles. The first-order valence-electron chi connectivity index (χ1n) is 7.59. The van der Waals surface area contributed by atoms with Crippen molar-refractivity contribution < 1.29 is 9.53 Å². The molecular formula is C16H24ClN3O2. The van der Waals surface area contributed by atoms with Gasteiger partial charge in [0.25, 0.3) is 0 Å². The summed E-state index contributed by atoms with van der Waals surface area (Å²) in [4.78, 5) is 16.4. The fraction of sp³-hybridized carbons (Fsp3) is 0.562. The highest BCUT2D eigenvalue weighted by Crippen LogP contribution is 2.20. The summed E-state index contributed by atoms with van der Waals surface area (Å²) < 4.78 is 5.02. The number of benzene rings is 1. The van der Waals surface area contributed by atoms with Gasteiger partial charge in [0.2, 0.25) is 5.91 Å². The minimum Gasteiger partial charge on any atom is -0.383 e. The first-order chi connectivity index (χ1) is 10.6. The predicted molar refractivity (Wildman–Crippen MR) is 89.6 cm³/mol. The number of ether oxygens (including phenoxy) is 1. The summed E-state index contributed by atoms with van der Waals surface area (Å²) in [6.45, 7) is 6.48. The average molecular weight is 326 g/mol. The maximum atomic E-state index is 12.0. The zero-order chi connectivity index (χ0) is 15.9. The summed E-state index contributed by atoms with van der Waals surface area (Å²) in [6, 6.07) is 7.95. The van der Waals surface area contributed by atoms with E-state index in [-0.39, 0.29) is 11.9 Å². The number of carbonyl (C=O) groups excluding carboxylic acids is 1. The third-order valence-corrected chi connectivity index (χ3v) is 3.97. The Bertz CT molecular complexity index is 490. The Kier molecular flexibility index (Phi) is 6.49. The van der Waals surface area contributed by atoms with Gasteiger partial charge < -0.3 is 15.0 Å². The first kappa shape index (κ1) is 17.1. The van der Waals surface area contributed by atoms with E-state index in [1.54, 1.807) is 7.11 Å². The largest absolute Gasteiger partial charge is 0.383 e. The lowest BCUT2D eigenvalue weighted by Gasteiger charge is -2.35.